The molecule has 0 spiro atoms. The summed E-state index contributed by atoms with van der Waals surface area (Å²) in [7, 11) is 1.59. The molecular weight excluding hydrogens is 448 g/mol. The van der Waals surface area contributed by atoms with Crippen LogP contribution >= 0.6 is 11.6 Å². The summed E-state index contributed by atoms with van der Waals surface area (Å²) in [6.07, 6.45) is 0.400. The minimum atomic E-state index is -0.682. The topological polar surface area (TPSA) is 58.6 Å². The summed E-state index contributed by atoms with van der Waals surface area (Å²) in [6, 6.07) is 20.6. The molecule has 0 saturated heterocycles. The van der Waals surface area contributed by atoms with Crippen molar-refractivity contribution < 1.29 is 14.3 Å². The minimum absolute atomic E-state index is 0.186. The highest BCUT2D eigenvalue weighted by molar-refractivity contribution is 6.32. The van der Waals surface area contributed by atoms with Gasteiger partial charge in [0.15, 0.2) is 6.61 Å². The molecule has 3 aromatic rings. The quantitative estimate of drug-likeness (QED) is 0.469. The number of aryl methyl sites for hydroxylation is 3. The molecule has 1 unspecified atom stereocenters. The van der Waals surface area contributed by atoms with Crippen molar-refractivity contribution in [2.24, 2.45) is 0 Å². The number of hydrogen-bond donors (Lipinski definition) is 1. The van der Waals surface area contributed by atoms with Crippen LogP contribution in [0.25, 0.3) is 0 Å². The molecule has 1 N–H and O–H groups in total. The molecule has 2 amide bonds. The average molecular weight is 479 g/mol. The van der Waals surface area contributed by atoms with Gasteiger partial charge in [0.2, 0.25) is 5.91 Å². The molecule has 0 heterocycles. The van der Waals surface area contributed by atoms with E-state index >= 15 is 0 Å². The molecule has 3 aromatic carbocycles. The second kappa shape index (κ2) is 11.7. The Morgan fingerprint density at radius 2 is 1.56 bits per heavy atom. The molecule has 0 aliphatic rings. The summed E-state index contributed by atoms with van der Waals surface area (Å²) in [6.45, 7) is 5.92. The standard InChI is InChI=1S/C28H31ClN2O3/c1-19-10-12-23(13-11-19)17-31(25(28(33)30-4)16-22-8-6-5-7-9-22)26(32)18-34-24-14-20(2)27(29)21(3)15-24/h5-15,25H,16-18H2,1-4H3,(H,30,33). The molecule has 0 fully saturated rings. The Morgan fingerprint density at radius 3 is 2.15 bits per heavy atom. The molecule has 0 aliphatic carbocycles. The summed E-state index contributed by atoms with van der Waals surface area (Å²) in [5, 5.41) is 3.40. The number of amides is 2. The van der Waals surface area contributed by atoms with E-state index in [0.717, 1.165) is 27.8 Å². The predicted molar refractivity (Wildman–Crippen MR) is 136 cm³/mol. The maximum absolute atomic E-state index is 13.5. The van der Waals surface area contributed by atoms with Crippen molar-refractivity contribution in [3.05, 3.63) is 99.6 Å². The Kier molecular flexibility index (Phi) is 8.72. The molecule has 0 radical (unpaired) electrons. The monoisotopic (exact) mass is 478 g/mol. The van der Waals surface area contributed by atoms with Gasteiger partial charge in [-0.1, -0.05) is 71.8 Å². The molecular formula is C28H31ClN2O3. The smallest absolute Gasteiger partial charge is 0.261 e. The van der Waals surface area contributed by atoms with Crippen LogP contribution in [0.1, 0.15) is 27.8 Å². The van der Waals surface area contributed by atoms with E-state index in [2.05, 4.69) is 5.32 Å². The van der Waals surface area contributed by atoms with Crippen LogP contribution in [-0.4, -0.2) is 36.4 Å². The third-order valence-corrected chi connectivity index (χ3v) is 6.36. The minimum Gasteiger partial charge on any atom is -0.484 e. The summed E-state index contributed by atoms with van der Waals surface area (Å²) < 4.78 is 5.85. The largest absolute Gasteiger partial charge is 0.484 e. The van der Waals surface area contributed by atoms with E-state index in [9.17, 15) is 9.59 Å². The fraction of sp³-hybridized carbons (Fsp3) is 0.286. The second-order valence-electron chi connectivity index (χ2n) is 8.49. The van der Waals surface area contributed by atoms with Crippen LogP contribution in [-0.2, 0) is 22.6 Å². The van der Waals surface area contributed by atoms with Crippen LogP contribution in [0.4, 0.5) is 0 Å². The maximum atomic E-state index is 13.5. The van der Waals surface area contributed by atoms with Crippen LogP contribution in [0.2, 0.25) is 5.02 Å². The molecule has 34 heavy (non-hydrogen) atoms. The number of nitrogens with one attached hydrogen (secondary N) is 1. The van der Waals surface area contributed by atoms with Crippen molar-refractivity contribution in [1.82, 2.24) is 10.2 Å². The third-order valence-electron chi connectivity index (χ3n) is 5.76. The Balaban J connectivity index is 1.88. The molecule has 3 rings (SSSR count). The van der Waals surface area contributed by atoms with Crippen LogP contribution in [0, 0.1) is 20.8 Å². The molecule has 0 bridgehead atoms. The van der Waals surface area contributed by atoms with E-state index in [0.29, 0.717) is 23.7 Å². The number of benzene rings is 3. The fourth-order valence-electron chi connectivity index (χ4n) is 3.83. The van der Waals surface area contributed by atoms with Crippen LogP contribution in [0.5, 0.6) is 5.75 Å². The second-order valence-corrected chi connectivity index (χ2v) is 8.86. The highest BCUT2D eigenvalue weighted by Gasteiger charge is 2.30. The molecule has 178 valence electrons. The number of halogens is 1. The summed E-state index contributed by atoms with van der Waals surface area (Å²) in [4.78, 5) is 28.0. The van der Waals surface area contributed by atoms with Gasteiger partial charge in [-0.05, 0) is 55.2 Å². The van der Waals surface area contributed by atoms with E-state index in [-0.39, 0.29) is 18.4 Å². The molecule has 0 aliphatic heterocycles. The summed E-state index contributed by atoms with van der Waals surface area (Å²) in [5.74, 6) is 0.0837. The van der Waals surface area contributed by atoms with Gasteiger partial charge in [-0.3, -0.25) is 9.59 Å². The Labute approximate surface area is 206 Å². The van der Waals surface area contributed by atoms with Gasteiger partial charge in [-0.25, -0.2) is 0 Å². The van der Waals surface area contributed by atoms with E-state index in [4.69, 9.17) is 16.3 Å². The lowest BCUT2D eigenvalue weighted by Gasteiger charge is -2.31. The fourth-order valence-corrected chi connectivity index (χ4v) is 3.94. The average Bonchev–Trinajstić information content (AvgIpc) is 2.84. The van der Waals surface area contributed by atoms with Gasteiger partial charge in [0, 0.05) is 25.0 Å². The van der Waals surface area contributed by atoms with E-state index in [1.165, 1.54) is 0 Å². The first-order chi connectivity index (χ1) is 16.3. The molecule has 6 heteroatoms. The molecule has 1 atom stereocenters. The maximum Gasteiger partial charge on any atom is 0.261 e. The Bertz CT molecular complexity index is 1110. The summed E-state index contributed by atoms with van der Waals surface area (Å²) in [5.41, 5.74) is 4.81. The highest BCUT2D eigenvalue weighted by Crippen LogP contribution is 2.26. The highest BCUT2D eigenvalue weighted by atomic mass is 35.5. The van der Waals surface area contributed by atoms with Gasteiger partial charge >= 0.3 is 0 Å². The van der Waals surface area contributed by atoms with Crippen molar-refractivity contribution in [3.8, 4) is 5.75 Å². The molecule has 0 saturated carbocycles. The van der Waals surface area contributed by atoms with Gasteiger partial charge in [0.05, 0.1) is 0 Å². The van der Waals surface area contributed by atoms with Crippen molar-refractivity contribution in [2.75, 3.05) is 13.7 Å². The van der Waals surface area contributed by atoms with Gasteiger partial charge in [0.25, 0.3) is 5.91 Å². The number of likely N-dealkylation sites (N-methyl/N-ethyl adjacent to an activating group) is 1. The number of hydrogen-bond acceptors (Lipinski definition) is 3. The Morgan fingerprint density at radius 1 is 0.941 bits per heavy atom. The normalized spacial score (nSPS) is 11.6. The van der Waals surface area contributed by atoms with Crippen molar-refractivity contribution in [1.29, 1.82) is 0 Å². The van der Waals surface area contributed by atoms with Crippen molar-refractivity contribution in [3.63, 3.8) is 0 Å². The lowest BCUT2D eigenvalue weighted by atomic mass is 10.0. The number of carbonyl (C=O) groups excluding carboxylic acids is 2. The number of carbonyl (C=O) groups is 2. The predicted octanol–water partition coefficient (Wildman–Crippen LogP) is 5.03. The molecule has 5 nitrogen and oxygen atoms in total. The lowest BCUT2D eigenvalue weighted by molar-refractivity contribution is -0.142. The summed E-state index contributed by atoms with van der Waals surface area (Å²) >= 11 is 6.26. The van der Waals surface area contributed by atoms with Gasteiger partial charge in [-0.15, -0.1) is 0 Å². The van der Waals surface area contributed by atoms with E-state index in [1.54, 1.807) is 11.9 Å². The number of rotatable bonds is 9. The lowest BCUT2D eigenvalue weighted by Crippen LogP contribution is -2.51. The van der Waals surface area contributed by atoms with Crippen LogP contribution < -0.4 is 10.1 Å². The van der Waals surface area contributed by atoms with Gasteiger partial charge in [-0.2, -0.15) is 0 Å². The number of ether oxygens (including phenoxy) is 1. The first kappa shape index (κ1) is 25.3. The first-order valence-electron chi connectivity index (χ1n) is 11.3. The molecule has 0 aromatic heterocycles. The van der Waals surface area contributed by atoms with E-state index < -0.39 is 6.04 Å². The van der Waals surface area contributed by atoms with E-state index in [1.807, 2.05) is 87.5 Å². The zero-order chi connectivity index (χ0) is 24.7. The zero-order valence-electron chi connectivity index (χ0n) is 20.1. The SMILES string of the molecule is CNC(=O)C(Cc1ccccc1)N(Cc1ccc(C)cc1)C(=O)COc1cc(C)c(Cl)c(C)c1. The van der Waals surface area contributed by atoms with Crippen molar-refractivity contribution in [2.45, 2.75) is 39.8 Å². The van der Waals surface area contributed by atoms with Gasteiger partial charge < -0.3 is 15.0 Å². The van der Waals surface area contributed by atoms with Crippen molar-refractivity contribution >= 4 is 23.4 Å². The first-order valence-corrected chi connectivity index (χ1v) is 11.7. The third kappa shape index (κ3) is 6.61. The number of nitrogens with zero attached hydrogens (tertiary/aromatic N) is 1. The Hall–Kier alpha value is -3.31. The van der Waals surface area contributed by atoms with Crippen LogP contribution in [0.15, 0.2) is 66.7 Å². The zero-order valence-corrected chi connectivity index (χ0v) is 20.9. The van der Waals surface area contributed by atoms with Gasteiger partial charge in [0.1, 0.15) is 11.8 Å². The van der Waals surface area contributed by atoms with Crippen LogP contribution in [0.3, 0.4) is 0 Å².